The molecule has 0 saturated carbocycles. The molecule has 0 spiro atoms. The van der Waals surface area contributed by atoms with Gasteiger partial charge in [-0.25, -0.2) is 13.1 Å². The van der Waals surface area contributed by atoms with Gasteiger partial charge in [0.1, 0.15) is 26.6 Å². The largest absolute Gasteiger partial charge is 0.454 e. The Labute approximate surface area is 185 Å². The third-order valence-corrected chi connectivity index (χ3v) is 7.26. The molecule has 2 N–H and O–H groups in total. The minimum absolute atomic E-state index is 0.00109. The van der Waals surface area contributed by atoms with Gasteiger partial charge in [0.25, 0.3) is 21.8 Å². The fraction of sp³-hybridized carbons (Fsp3) is 0.167. The molecule has 1 amide bonds. The van der Waals surface area contributed by atoms with Crippen LogP contribution in [0.5, 0.6) is 11.5 Å². The number of sulfonamides is 1. The van der Waals surface area contributed by atoms with E-state index in [1.165, 1.54) is 17.5 Å². The second-order valence-corrected chi connectivity index (χ2v) is 9.30. The molecule has 3 aromatic rings. The molecule has 3 heterocycles. The van der Waals surface area contributed by atoms with Crippen LogP contribution in [-0.2, 0) is 10.0 Å². The van der Waals surface area contributed by atoms with Crippen molar-refractivity contribution in [2.45, 2.75) is 18.7 Å². The van der Waals surface area contributed by atoms with Gasteiger partial charge >= 0.3 is 0 Å². The van der Waals surface area contributed by atoms with Crippen LogP contribution in [0.3, 0.4) is 0 Å². The Morgan fingerprint density at radius 3 is 2.81 bits per heavy atom. The lowest BCUT2D eigenvalue weighted by Gasteiger charge is -2.13. The number of anilines is 2. The van der Waals surface area contributed by atoms with E-state index >= 15 is 0 Å². The average Bonchev–Trinajstić information content (AvgIpc) is 3.47. The number of amides is 1. The van der Waals surface area contributed by atoms with Crippen LogP contribution >= 0.6 is 22.9 Å². The summed E-state index contributed by atoms with van der Waals surface area (Å²) in [7, 11) is -4.21. The number of fused-ring (bicyclic) bond motifs is 1. The molecule has 13 heteroatoms. The second-order valence-electron chi connectivity index (χ2n) is 6.35. The zero-order chi connectivity index (χ0) is 22.3. The quantitative estimate of drug-likeness (QED) is 0.563. The molecule has 10 nitrogen and oxygen atoms in total. The number of hydrogen-bond acceptors (Lipinski definition) is 9. The summed E-state index contributed by atoms with van der Waals surface area (Å²) in [6.07, 6.45) is 0. The number of thiophene rings is 1. The van der Waals surface area contributed by atoms with Crippen LogP contribution in [0.4, 0.5) is 11.6 Å². The van der Waals surface area contributed by atoms with Gasteiger partial charge in [0.15, 0.2) is 11.5 Å². The number of carbonyl (C=O) groups is 1. The Bertz CT molecular complexity index is 1360. The molecule has 1 aliphatic rings. The fourth-order valence-electron chi connectivity index (χ4n) is 2.90. The van der Waals surface area contributed by atoms with Crippen LogP contribution in [0.15, 0.2) is 26.9 Å². The number of aryl methyl sites for hydroxylation is 1. The Morgan fingerprint density at radius 2 is 2.13 bits per heavy atom. The Kier molecular flexibility index (Phi) is 5.26. The summed E-state index contributed by atoms with van der Waals surface area (Å²) >= 11 is 6.89. The van der Waals surface area contributed by atoms with Crippen LogP contribution in [0.1, 0.15) is 26.5 Å². The summed E-state index contributed by atoms with van der Waals surface area (Å²) in [6.45, 7) is 3.21. The number of halogens is 1. The number of benzene rings is 1. The summed E-state index contributed by atoms with van der Waals surface area (Å²) in [5.41, 5.74) is 1.15. The van der Waals surface area contributed by atoms with E-state index in [2.05, 4.69) is 15.2 Å². The molecular weight excluding hydrogens is 468 g/mol. The number of nitriles is 1. The third kappa shape index (κ3) is 3.67. The van der Waals surface area contributed by atoms with Gasteiger partial charge in [0.05, 0.1) is 11.3 Å². The minimum Gasteiger partial charge on any atom is -0.454 e. The van der Waals surface area contributed by atoms with E-state index in [-0.39, 0.29) is 38.7 Å². The lowest BCUT2D eigenvalue weighted by Crippen LogP contribution is -2.19. The highest BCUT2D eigenvalue weighted by molar-refractivity contribution is 7.93. The maximum Gasteiger partial charge on any atom is 0.267 e. The summed E-state index contributed by atoms with van der Waals surface area (Å²) in [6, 6.07) is 4.72. The first-order chi connectivity index (χ1) is 14.7. The molecule has 31 heavy (non-hydrogen) atoms. The highest BCUT2D eigenvalue weighted by Gasteiger charge is 2.29. The van der Waals surface area contributed by atoms with Crippen LogP contribution in [-0.4, -0.2) is 26.3 Å². The number of hydrogen-bond donors (Lipinski definition) is 2. The average molecular weight is 481 g/mol. The normalized spacial score (nSPS) is 12.5. The zero-order valence-corrected chi connectivity index (χ0v) is 18.4. The van der Waals surface area contributed by atoms with Gasteiger partial charge in [-0.2, -0.15) is 5.26 Å². The maximum atomic E-state index is 13.0. The third-order valence-electron chi connectivity index (χ3n) is 4.40. The van der Waals surface area contributed by atoms with Crippen LogP contribution in [0.2, 0.25) is 5.02 Å². The molecule has 0 bridgehead atoms. The van der Waals surface area contributed by atoms with E-state index in [1.807, 2.05) is 6.07 Å². The fourth-order valence-corrected chi connectivity index (χ4v) is 5.39. The maximum absolute atomic E-state index is 13.0. The molecule has 0 saturated heterocycles. The summed E-state index contributed by atoms with van der Waals surface area (Å²) < 4.78 is 43.4. The lowest BCUT2D eigenvalue weighted by atomic mass is 10.1. The predicted molar refractivity (Wildman–Crippen MR) is 111 cm³/mol. The van der Waals surface area contributed by atoms with Crippen molar-refractivity contribution in [1.29, 1.82) is 5.26 Å². The molecular formula is C18H13ClN4O6S2. The first-order valence-corrected chi connectivity index (χ1v) is 11.3. The Morgan fingerprint density at radius 1 is 1.35 bits per heavy atom. The van der Waals surface area contributed by atoms with Crippen molar-refractivity contribution in [3.8, 4) is 17.6 Å². The van der Waals surface area contributed by atoms with Crippen molar-refractivity contribution in [3.05, 3.63) is 44.2 Å². The van der Waals surface area contributed by atoms with E-state index in [0.29, 0.717) is 22.8 Å². The van der Waals surface area contributed by atoms with Crippen LogP contribution < -0.4 is 19.5 Å². The standard InChI is InChI=1S/C18H13ClN4O6S2/c1-8-14(10(6-20)5-11-15(8)28-7-27-11)21-17(24)16-12(3-4-30-16)31(25,26)23-18-13(19)9(2)22-29-18/h3-5,23H,7H2,1-2H3,(H,21,24). The van der Waals surface area contributed by atoms with Crippen molar-refractivity contribution in [3.63, 3.8) is 0 Å². The Balaban J connectivity index is 1.66. The van der Waals surface area contributed by atoms with Gasteiger partial charge < -0.3 is 19.3 Å². The van der Waals surface area contributed by atoms with Crippen molar-refractivity contribution >= 4 is 50.4 Å². The molecule has 4 rings (SSSR count). The number of aromatic nitrogens is 1. The number of ether oxygens (including phenoxy) is 2. The van der Waals surface area contributed by atoms with Gasteiger partial charge in [-0.15, -0.1) is 11.3 Å². The van der Waals surface area contributed by atoms with Crippen LogP contribution in [0, 0.1) is 25.2 Å². The summed E-state index contributed by atoms with van der Waals surface area (Å²) in [4.78, 5) is 12.6. The van der Waals surface area contributed by atoms with Crippen molar-refractivity contribution < 1.29 is 27.2 Å². The van der Waals surface area contributed by atoms with Gasteiger partial charge in [0, 0.05) is 11.6 Å². The van der Waals surface area contributed by atoms with Crippen molar-refractivity contribution in [2.75, 3.05) is 16.8 Å². The zero-order valence-electron chi connectivity index (χ0n) is 16.0. The van der Waals surface area contributed by atoms with Crippen molar-refractivity contribution in [1.82, 2.24) is 5.16 Å². The first-order valence-electron chi connectivity index (χ1n) is 8.59. The van der Waals surface area contributed by atoms with Gasteiger partial charge in [0.2, 0.25) is 6.79 Å². The lowest BCUT2D eigenvalue weighted by molar-refractivity contribution is 0.102. The van der Waals surface area contributed by atoms with Gasteiger partial charge in [-0.1, -0.05) is 16.8 Å². The molecule has 0 aliphatic carbocycles. The molecule has 1 aliphatic heterocycles. The van der Waals surface area contributed by atoms with Gasteiger partial charge in [-0.3, -0.25) is 4.79 Å². The van der Waals surface area contributed by atoms with Gasteiger partial charge in [-0.05, 0) is 25.3 Å². The van der Waals surface area contributed by atoms with Crippen molar-refractivity contribution in [2.24, 2.45) is 0 Å². The molecule has 2 aromatic heterocycles. The predicted octanol–water partition coefficient (Wildman–Crippen LogP) is 3.66. The van der Waals surface area contributed by atoms with E-state index in [1.54, 1.807) is 13.8 Å². The number of carbonyl (C=O) groups excluding carboxylic acids is 1. The molecule has 0 atom stereocenters. The number of rotatable bonds is 5. The second kappa shape index (κ2) is 7.77. The first kappa shape index (κ1) is 21.0. The minimum atomic E-state index is -4.21. The Hall–Kier alpha value is -3.27. The summed E-state index contributed by atoms with van der Waals surface area (Å²) in [5, 5.41) is 17.1. The molecule has 1 aromatic carbocycles. The molecule has 0 unspecified atom stereocenters. The monoisotopic (exact) mass is 480 g/mol. The highest BCUT2D eigenvalue weighted by Crippen LogP contribution is 2.41. The topological polar surface area (TPSA) is 144 Å². The number of nitrogens with zero attached hydrogens (tertiary/aromatic N) is 2. The molecule has 160 valence electrons. The SMILES string of the molecule is Cc1noc(NS(=O)(=O)c2ccsc2C(=O)Nc2c(C#N)cc3c(c2C)OCO3)c1Cl. The van der Waals surface area contributed by atoms with E-state index in [4.69, 9.17) is 25.6 Å². The van der Waals surface area contributed by atoms with E-state index in [9.17, 15) is 18.5 Å². The van der Waals surface area contributed by atoms with E-state index < -0.39 is 15.9 Å². The molecule has 0 fully saturated rings. The van der Waals surface area contributed by atoms with E-state index in [0.717, 1.165) is 11.3 Å². The smallest absolute Gasteiger partial charge is 0.267 e. The number of nitrogens with one attached hydrogen (secondary N) is 2. The highest BCUT2D eigenvalue weighted by atomic mass is 35.5. The summed E-state index contributed by atoms with van der Waals surface area (Å²) in [5.74, 6) is -0.163. The van der Waals surface area contributed by atoms with Crippen LogP contribution in [0.25, 0.3) is 0 Å². The molecule has 0 radical (unpaired) electrons.